The minimum absolute atomic E-state index is 0.0641. The first kappa shape index (κ1) is 12.4. The second-order valence-electron chi connectivity index (χ2n) is 5.07. The van der Waals surface area contributed by atoms with Gasteiger partial charge in [0.05, 0.1) is 13.2 Å². The molecule has 1 aliphatic carbocycles. The number of benzene rings is 1. The van der Waals surface area contributed by atoms with E-state index < -0.39 is 6.10 Å². The van der Waals surface area contributed by atoms with E-state index in [4.69, 9.17) is 4.74 Å². The Hall–Kier alpha value is -1.02. The number of ether oxygens (including phenoxy) is 1. The van der Waals surface area contributed by atoms with Crippen molar-refractivity contribution >= 4 is 0 Å². The molecule has 0 aliphatic heterocycles. The lowest BCUT2D eigenvalue weighted by Crippen LogP contribution is -2.25. The molecule has 0 amide bonds. The van der Waals surface area contributed by atoms with Gasteiger partial charge in [0.2, 0.25) is 0 Å². The SMILES string of the molecule is CCC1(C(O)c2ccccc2OC)CCCC1. The monoisotopic (exact) mass is 234 g/mol. The van der Waals surface area contributed by atoms with Crippen LogP contribution in [0.25, 0.3) is 0 Å². The number of aliphatic hydroxyl groups excluding tert-OH is 1. The van der Waals surface area contributed by atoms with Crippen LogP contribution in [0, 0.1) is 5.41 Å². The molecule has 17 heavy (non-hydrogen) atoms. The van der Waals surface area contributed by atoms with Crippen LogP contribution in [-0.2, 0) is 0 Å². The lowest BCUT2D eigenvalue weighted by molar-refractivity contribution is 0.0220. The minimum Gasteiger partial charge on any atom is -0.496 e. The van der Waals surface area contributed by atoms with Crippen LogP contribution in [0.2, 0.25) is 0 Å². The highest BCUT2D eigenvalue weighted by Crippen LogP contribution is 2.51. The summed E-state index contributed by atoms with van der Waals surface area (Å²) in [6.45, 7) is 2.18. The van der Waals surface area contributed by atoms with E-state index in [1.807, 2.05) is 24.3 Å². The number of rotatable bonds is 4. The van der Waals surface area contributed by atoms with Crippen molar-refractivity contribution in [2.75, 3.05) is 7.11 Å². The average Bonchev–Trinajstić information content (AvgIpc) is 2.88. The van der Waals surface area contributed by atoms with Gasteiger partial charge in [-0.1, -0.05) is 38.0 Å². The van der Waals surface area contributed by atoms with Crippen LogP contribution in [0.5, 0.6) is 5.75 Å². The maximum atomic E-state index is 10.7. The van der Waals surface area contributed by atoms with Gasteiger partial charge in [-0.25, -0.2) is 0 Å². The third-order valence-electron chi connectivity index (χ3n) is 4.32. The second kappa shape index (κ2) is 5.09. The zero-order valence-electron chi connectivity index (χ0n) is 10.8. The summed E-state index contributed by atoms with van der Waals surface area (Å²) in [5.41, 5.74) is 1.01. The van der Waals surface area contributed by atoms with E-state index in [1.165, 1.54) is 12.8 Å². The van der Waals surface area contributed by atoms with Crippen LogP contribution in [0.3, 0.4) is 0 Å². The summed E-state index contributed by atoms with van der Waals surface area (Å²) in [6, 6.07) is 7.83. The molecular formula is C15H22O2. The summed E-state index contributed by atoms with van der Waals surface area (Å²) in [6.07, 6.45) is 5.36. The summed E-state index contributed by atoms with van der Waals surface area (Å²) in [5, 5.41) is 10.7. The van der Waals surface area contributed by atoms with Gasteiger partial charge in [-0.3, -0.25) is 0 Å². The Bertz CT molecular complexity index is 367. The number of para-hydroxylation sites is 1. The fourth-order valence-corrected chi connectivity index (χ4v) is 3.12. The summed E-state index contributed by atoms with van der Waals surface area (Å²) in [7, 11) is 1.67. The van der Waals surface area contributed by atoms with Crippen LogP contribution in [0.15, 0.2) is 24.3 Å². The van der Waals surface area contributed by atoms with Gasteiger partial charge >= 0.3 is 0 Å². The first-order valence-corrected chi connectivity index (χ1v) is 6.54. The van der Waals surface area contributed by atoms with Crippen molar-refractivity contribution in [2.45, 2.75) is 45.1 Å². The average molecular weight is 234 g/mol. The molecule has 0 bridgehead atoms. The van der Waals surface area contributed by atoms with Gasteiger partial charge in [0.1, 0.15) is 5.75 Å². The largest absolute Gasteiger partial charge is 0.496 e. The van der Waals surface area contributed by atoms with Gasteiger partial charge in [0, 0.05) is 11.0 Å². The van der Waals surface area contributed by atoms with Crippen LogP contribution in [0.4, 0.5) is 0 Å². The van der Waals surface area contributed by atoms with E-state index in [1.54, 1.807) is 7.11 Å². The van der Waals surface area contributed by atoms with Crippen molar-refractivity contribution in [3.05, 3.63) is 29.8 Å². The van der Waals surface area contributed by atoms with Crippen molar-refractivity contribution in [1.29, 1.82) is 0 Å². The molecule has 1 aliphatic rings. The highest BCUT2D eigenvalue weighted by Gasteiger charge is 2.40. The Morgan fingerprint density at radius 1 is 1.29 bits per heavy atom. The molecule has 1 atom stereocenters. The molecule has 2 rings (SSSR count). The van der Waals surface area contributed by atoms with Crippen molar-refractivity contribution in [2.24, 2.45) is 5.41 Å². The number of aliphatic hydroxyl groups is 1. The Labute approximate surface area is 104 Å². The number of hydrogen-bond donors (Lipinski definition) is 1. The number of hydrogen-bond acceptors (Lipinski definition) is 2. The zero-order valence-corrected chi connectivity index (χ0v) is 10.8. The molecule has 2 nitrogen and oxygen atoms in total. The Kier molecular flexibility index (Phi) is 3.72. The molecule has 1 aromatic carbocycles. The summed E-state index contributed by atoms with van der Waals surface area (Å²) in [4.78, 5) is 0. The van der Waals surface area contributed by atoms with Crippen LogP contribution < -0.4 is 4.74 Å². The molecule has 0 spiro atoms. The standard InChI is InChI=1S/C15H22O2/c1-3-15(10-6-7-11-15)14(16)12-8-4-5-9-13(12)17-2/h4-5,8-9,14,16H,3,6-7,10-11H2,1-2H3. The summed E-state index contributed by atoms with van der Waals surface area (Å²) < 4.78 is 5.36. The summed E-state index contributed by atoms with van der Waals surface area (Å²) in [5.74, 6) is 0.805. The van der Waals surface area contributed by atoms with Gasteiger partial charge in [-0.05, 0) is 25.3 Å². The molecule has 1 aromatic rings. The Morgan fingerprint density at radius 2 is 1.94 bits per heavy atom. The molecule has 1 saturated carbocycles. The maximum Gasteiger partial charge on any atom is 0.124 e. The molecule has 1 N–H and O–H groups in total. The van der Waals surface area contributed by atoms with Crippen molar-refractivity contribution in [1.82, 2.24) is 0 Å². The lowest BCUT2D eigenvalue weighted by atomic mass is 9.75. The van der Waals surface area contributed by atoms with Gasteiger partial charge in [-0.15, -0.1) is 0 Å². The Morgan fingerprint density at radius 3 is 2.53 bits per heavy atom. The van der Waals surface area contributed by atoms with Gasteiger partial charge in [0.15, 0.2) is 0 Å². The van der Waals surface area contributed by atoms with Crippen molar-refractivity contribution in [3.8, 4) is 5.75 Å². The third kappa shape index (κ3) is 2.19. The molecule has 1 unspecified atom stereocenters. The molecule has 0 saturated heterocycles. The highest BCUT2D eigenvalue weighted by atomic mass is 16.5. The quantitative estimate of drug-likeness (QED) is 0.860. The first-order valence-electron chi connectivity index (χ1n) is 6.54. The minimum atomic E-state index is -0.397. The number of methoxy groups -OCH3 is 1. The Balaban J connectivity index is 2.32. The highest BCUT2D eigenvalue weighted by molar-refractivity contribution is 5.36. The molecule has 2 heteroatoms. The molecule has 0 heterocycles. The third-order valence-corrected chi connectivity index (χ3v) is 4.32. The van der Waals surface area contributed by atoms with Gasteiger partial charge in [-0.2, -0.15) is 0 Å². The second-order valence-corrected chi connectivity index (χ2v) is 5.07. The van der Waals surface area contributed by atoms with E-state index in [0.717, 1.165) is 30.6 Å². The normalized spacial score (nSPS) is 20.2. The summed E-state index contributed by atoms with van der Waals surface area (Å²) >= 11 is 0. The molecular weight excluding hydrogens is 212 g/mol. The van der Waals surface area contributed by atoms with Crippen LogP contribution in [0.1, 0.15) is 50.7 Å². The van der Waals surface area contributed by atoms with Crippen molar-refractivity contribution < 1.29 is 9.84 Å². The predicted octanol–water partition coefficient (Wildman–Crippen LogP) is 3.70. The van der Waals surface area contributed by atoms with Gasteiger partial charge < -0.3 is 9.84 Å². The smallest absolute Gasteiger partial charge is 0.124 e. The molecule has 0 radical (unpaired) electrons. The molecule has 1 fully saturated rings. The van der Waals surface area contributed by atoms with E-state index in [2.05, 4.69) is 6.92 Å². The van der Waals surface area contributed by atoms with E-state index in [0.29, 0.717) is 0 Å². The molecule has 94 valence electrons. The van der Waals surface area contributed by atoms with Crippen LogP contribution in [-0.4, -0.2) is 12.2 Å². The fraction of sp³-hybridized carbons (Fsp3) is 0.600. The lowest BCUT2D eigenvalue weighted by Gasteiger charge is -2.34. The van der Waals surface area contributed by atoms with E-state index in [9.17, 15) is 5.11 Å². The van der Waals surface area contributed by atoms with Gasteiger partial charge in [0.25, 0.3) is 0 Å². The maximum absolute atomic E-state index is 10.7. The van der Waals surface area contributed by atoms with Crippen molar-refractivity contribution in [3.63, 3.8) is 0 Å². The van der Waals surface area contributed by atoms with E-state index >= 15 is 0 Å². The zero-order chi connectivity index (χ0) is 12.3. The predicted molar refractivity (Wildman–Crippen MR) is 69.1 cm³/mol. The first-order chi connectivity index (χ1) is 8.23. The fourth-order valence-electron chi connectivity index (χ4n) is 3.12. The van der Waals surface area contributed by atoms with Crippen LogP contribution >= 0.6 is 0 Å². The molecule has 0 aromatic heterocycles. The van der Waals surface area contributed by atoms with E-state index in [-0.39, 0.29) is 5.41 Å². The topological polar surface area (TPSA) is 29.5 Å².